The van der Waals surface area contributed by atoms with E-state index in [1.807, 2.05) is 0 Å². The molecular weight excluding hydrogens is 320 g/mol. The molecular formula is C14H16N4O4S. The Morgan fingerprint density at radius 1 is 1.22 bits per heavy atom. The van der Waals surface area contributed by atoms with Crippen LogP contribution in [0.2, 0.25) is 0 Å². The molecule has 0 bridgehead atoms. The predicted molar refractivity (Wildman–Crippen MR) is 85.8 cm³/mol. The van der Waals surface area contributed by atoms with Crippen LogP contribution in [-0.2, 0) is 0 Å². The number of nitrogens with one attached hydrogen (secondary N) is 1. The topological polar surface area (TPSA) is 94.9 Å². The fourth-order valence-corrected chi connectivity index (χ4v) is 2.42. The van der Waals surface area contributed by atoms with Gasteiger partial charge in [-0.05, 0) is 30.6 Å². The van der Waals surface area contributed by atoms with Crippen LogP contribution in [0.1, 0.15) is 20.9 Å². The van der Waals surface area contributed by atoms with Crippen molar-refractivity contribution >= 4 is 23.7 Å². The Labute approximate surface area is 137 Å². The molecule has 2 rings (SSSR count). The lowest BCUT2D eigenvalue weighted by atomic mass is 10.2. The van der Waals surface area contributed by atoms with E-state index in [9.17, 15) is 4.79 Å². The Hall–Kier alpha value is -2.68. The highest BCUT2D eigenvalue weighted by Crippen LogP contribution is 2.38. The zero-order valence-corrected chi connectivity index (χ0v) is 13.9. The highest BCUT2D eigenvalue weighted by atomic mass is 32.1. The molecule has 122 valence electrons. The molecule has 8 nitrogen and oxygen atoms in total. The van der Waals surface area contributed by atoms with Gasteiger partial charge in [-0.15, -0.1) is 5.10 Å². The van der Waals surface area contributed by atoms with E-state index in [0.29, 0.717) is 33.4 Å². The first-order valence-electron chi connectivity index (χ1n) is 6.53. The maximum Gasteiger partial charge on any atom is 0.285 e. The summed E-state index contributed by atoms with van der Waals surface area (Å²) in [5, 5.41) is 7.71. The van der Waals surface area contributed by atoms with Gasteiger partial charge >= 0.3 is 0 Å². The van der Waals surface area contributed by atoms with Crippen molar-refractivity contribution in [2.24, 2.45) is 5.10 Å². The van der Waals surface area contributed by atoms with Crippen LogP contribution >= 0.6 is 11.5 Å². The minimum atomic E-state index is -0.367. The molecule has 0 aliphatic heterocycles. The van der Waals surface area contributed by atoms with E-state index in [-0.39, 0.29) is 5.91 Å². The normalized spacial score (nSPS) is 10.6. The number of nitrogens with zero attached hydrogens (tertiary/aromatic N) is 3. The molecule has 0 aliphatic carbocycles. The number of rotatable bonds is 6. The average Bonchev–Trinajstić information content (AvgIpc) is 3.00. The Morgan fingerprint density at radius 2 is 1.96 bits per heavy atom. The quantitative estimate of drug-likeness (QED) is 0.636. The van der Waals surface area contributed by atoms with Crippen molar-refractivity contribution in [1.82, 2.24) is 15.0 Å². The summed E-state index contributed by atoms with van der Waals surface area (Å²) < 4.78 is 19.5. The second-order valence-corrected chi connectivity index (χ2v) is 5.06. The van der Waals surface area contributed by atoms with Crippen molar-refractivity contribution in [2.45, 2.75) is 6.92 Å². The standard InChI is InChI=1S/C14H16N4O4S/c1-8-13(23-18-16-8)14(19)17-15-7-9-5-6-10(20-2)12(22-4)11(9)21-3/h5-7H,1-4H3,(H,17,19)/b15-7-. The van der Waals surface area contributed by atoms with Crippen molar-refractivity contribution in [2.75, 3.05) is 21.3 Å². The van der Waals surface area contributed by atoms with Crippen molar-refractivity contribution in [1.29, 1.82) is 0 Å². The lowest BCUT2D eigenvalue weighted by molar-refractivity contribution is 0.0958. The van der Waals surface area contributed by atoms with Crippen molar-refractivity contribution in [3.63, 3.8) is 0 Å². The second-order valence-electron chi connectivity index (χ2n) is 4.31. The fraction of sp³-hybridized carbons (Fsp3) is 0.286. The maximum atomic E-state index is 11.9. The number of aryl methyl sites for hydroxylation is 1. The minimum absolute atomic E-state index is 0.367. The Kier molecular flexibility index (Phi) is 5.47. The molecule has 0 unspecified atom stereocenters. The lowest BCUT2D eigenvalue weighted by Crippen LogP contribution is -2.17. The van der Waals surface area contributed by atoms with Crippen LogP contribution in [0.5, 0.6) is 17.2 Å². The van der Waals surface area contributed by atoms with E-state index in [4.69, 9.17) is 14.2 Å². The number of aromatic nitrogens is 2. The average molecular weight is 336 g/mol. The molecule has 1 aromatic carbocycles. The molecule has 0 spiro atoms. The SMILES string of the molecule is COc1ccc(/C=N\NC(=O)c2snnc2C)c(OC)c1OC. The molecule has 1 aromatic heterocycles. The fourth-order valence-electron chi connectivity index (χ4n) is 1.88. The molecule has 9 heteroatoms. The summed E-state index contributed by atoms with van der Waals surface area (Å²) in [7, 11) is 4.57. The summed E-state index contributed by atoms with van der Waals surface area (Å²) in [5.41, 5.74) is 3.62. The summed E-state index contributed by atoms with van der Waals surface area (Å²) in [6.07, 6.45) is 1.46. The van der Waals surface area contributed by atoms with Crippen molar-refractivity contribution in [3.8, 4) is 17.2 Å². The smallest absolute Gasteiger partial charge is 0.285 e. The molecule has 0 atom stereocenters. The van der Waals surface area contributed by atoms with Gasteiger partial charge in [0.1, 0.15) is 4.88 Å². The van der Waals surface area contributed by atoms with Gasteiger partial charge in [-0.2, -0.15) is 5.10 Å². The lowest BCUT2D eigenvalue weighted by Gasteiger charge is -2.13. The van der Waals surface area contributed by atoms with Gasteiger partial charge in [-0.3, -0.25) is 4.79 Å². The number of hydrogen-bond donors (Lipinski definition) is 1. The number of hydrazone groups is 1. The summed E-state index contributed by atoms with van der Waals surface area (Å²) in [6, 6.07) is 3.47. The van der Waals surface area contributed by atoms with Gasteiger partial charge < -0.3 is 14.2 Å². The second kappa shape index (κ2) is 7.54. The third-order valence-corrected chi connectivity index (χ3v) is 3.79. The first-order chi connectivity index (χ1) is 11.1. The molecule has 0 radical (unpaired) electrons. The van der Waals surface area contributed by atoms with Gasteiger partial charge in [0.15, 0.2) is 11.5 Å². The van der Waals surface area contributed by atoms with Crippen LogP contribution in [0.3, 0.4) is 0 Å². The molecule has 1 amide bonds. The first kappa shape index (κ1) is 16.7. The van der Waals surface area contributed by atoms with Crippen LogP contribution in [0.25, 0.3) is 0 Å². The molecule has 1 N–H and O–H groups in total. The van der Waals surface area contributed by atoms with Crippen LogP contribution in [-0.4, -0.2) is 43.0 Å². The van der Waals surface area contributed by atoms with Crippen molar-refractivity contribution in [3.05, 3.63) is 28.3 Å². The van der Waals surface area contributed by atoms with E-state index in [0.717, 1.165) is 11.5 Å². The number of carbonyl (C=O) groups is 1. The third kappa shape index (κ3) is 3.57. The first-order valence-corrected chi connectivity index (χ1v) is 7.31. The summed E-state index contributed by atoms with van der Waals surface area (Å²) >= 11 is 1.01. The summed E-state index contributed by atoms with van der Waals surface area (Å²) in [4.78, 5) is 12.3. The van der Waals surface area contributed by atoms with Gasteiger partial charge in [0.05, 0.1) is 33.2 Å². The minimum Gasteiger partial charge on any atom is -0.493 e. The van der Waals surface area contributed by atoms with Gasteiger partial charge in [0.2, 0.25) is 5.75 Å². The number of ether oxygens (including phenoxy) is 3. The Balaban J connectivity index is 2.19. The third-order valence-electron chi connectivity index (χ3n) is 2.96. The highest BCUT2D eigenvalue weighted by Gasteiger charge is 2.15. The summed E-state index contributed by atoms with van der Waals surface area (Å²) in [5.74, 6) is 1.08. The van der Waals surface area contributed by atoms with Gasteiger partial charge in [0.25, 0.3) is 5.91 Å². The molecule has 0 aliphatic rings. The van der Waals surface area contributed by atoms with Crippen LogP contribution in [0.4, 0.5) is 0 Å². The highest BCUT2D eigenvalue weighted by molar-refractivity contribution is 7.07. The van der Waals surface area contributed by atoms with E-state index in [2.05, 4.69) is 20.1 Å². The maximum absolute atomic E-state index is 11.9. The Morgan fingerprint density at radius 3 is 2.52 bits per heavy atom. The number of carbonyl (C=O) groups excluding carboxylic acids is 1. The van der Waals surface area contributed by atoms with E-state index < -0.39 is 0 Å². The summed E-state index contributed by atoms with van der Waals surface area (Å²) in [6.45, 7) is 1.71. The van der Waals surface area contributed by atoms with E-state index in [1.54, 1.807) is 19.1 Å². The zero-order chi connectivity index (χ0) is 16.8. The number of benzene rings is 1. The molecule has 1 heterocycles. The molecule has 2 aromatic rings. The predicted octanol–water partition coefficient (Wildman–Crippen LogP) is 1.64. The van der Waals surface area contributed by atoms with E-state index >= 15 is 0 Å². The van der Waals surface area contributed by atoms with Crippen LogP contribution in [0, 0.1) is 6.92 Å². The zero-order valence-electron chi connectivity index (χ0n) is 13.1. The van der Waals surface area contributed by atoms with Gasteiger partial charge in [-0.1, -0.05) is 4.49 Å². The molecule has 0 saturated heterocycles. The van der Waals surface area contributed by atoms with Crippen LogP contribution < -0.4 is 19.6 Å². The van der Waals surface area contributed by atoms with Crippen LogP contribution in [0.15, 0.2) is 17.2 Å². The number of hydrogen-bond acceptors (Lipinski definition) is 8. The largest absolute Gasteiger partial charge is 0.493 e. The molecule has 0 fully saturated rings. The monoisotopic (exact) mass is 336 g/mol. The molecule has 0 saturated carbocycles. The molecule has 23 heavy (non-hydrogen) atoms. The van der Waals surface area contributed by atoms with Gasteiger partial charge in [0, 0.05) is 5.56 Å². The van der Waals surface area contributed by atoms with Crippen molar-refractivity contribution < 1.29 is 19.0 Å². The van der Waals surface area contributed by atoms with Gasteiger partial charge in [-0.25, -0.2) is 5.43 Å². The number of amides is 1. The number of methoxy groups -OCH3 is 3. The Bertz CT molecular complexity index is 730. The van der Waals surface area contributed by atoms with E-state index in [1.165, 1.54) is 27.5 Å².